The molecule has 0 bridgehead atoms. The van der Waals surface area contributed by atoms with Gasteiger partial charge < -0.3 is 0 Å². The molecule has 0 saturated carbocycles. The summed E-state index contributed by atoms with van der Waals surface area (Å²) < 4.78 is 0. The molecule has 1 heterocycles. The Hall–Kier alpha value is -1.41. The fraction of sp³-hybridized carbons (Fsp3) is 0.412. The van der Waals surface area contributed by atoms with Gasteiger partial charge in [0.2, 0.25) is 0 Å². The molecule has 0 saturated heterocycles. The lowest BCUT2D eigenvalue weighted by Crippen LogP contribution is -2.07. The molecule has 3 rings (SSSR count). The predicted octanol–water partition coefficient (Wildman–Crippen LogP) is 4.41. The first-order valence-corrected chi connectivity index (χ1v) is 7.62. The normalized spacial score (nSPS) is 17.5. The van der Waals surface area contributed by atoms with E-state index < -0.39 is 0 Å². The van der Waals surface area contributed by atoms with Gasteiger partial charge in [-0.05, 0) is 42.4 Å². The number of hydrogen-bond acceptors (Lipinski definition) is 2. The number of aryl methyl sites for hydroxylation is 1. The van der Waals surface area contributed by atoms with E-state index in [-0.39, 0.29) is 0 Å². The fourth-order valence-electron chi connectivity index (χ4n) is 2.99. The molecular formula is C17H19ClN2. The zero-order valence-electron chi connectivity index (χ0n) is 11.9. The molecule has 0 aliphatic heterocycles. The van der Waals surface area contributed by atoms with Gasteiger partial charge in [0.25, 0.3) is 0 Å². The van der Waals surface area contributed by atoms with Gasteiger partial charge in [-0.15, -0.1) is 0 Å². The van der Waals surface area contributed by atoms with Crippen LogP contribution < -0.4 is 0 Å². The van der Waals surface area contributed by atoms with Crippen molar-refractivity contribution in [3.63, 3.8) is 0 Å². The molecule has 1 atom stereocenters. The average Bonchev–Trinajstić information content (AvgIpc) is 2.80. The van der Waals surface area contributed by atoms with Gasteiger partial charge in [-0.3, -0.25) is 0 Å². The zero-order valence-corrected chi connectivity index (χ0v) is 12.7. The van der Waals surface area contributed by atoms with Crippen molar-refractivity contribution in [3.8, 4) is 0 Å². The number of aromatic nitrogens is 2. The van der Waals surface area contributed by atoms with Crippen molar-refractivity contribution in [2.75, 3.05) is 0 Å². The van der Waals surface area contributed by atoms with E-state index in [4.69, 9.17) is 16.6 Å². The maximum atomic E-state index is 6.19. The number of fused-ring (bicyclic) bond motifs is 1. The van der Waals surface area contributed by atoms with E-state index in [2.05, 4.69) is 43.1 Å². The summed E-state index contributed by atoms with van der Waals surface area (Å²) in [4.78, 5) is 9.24. The van der Waals surface area contributed by atoms with Gasteiger partial charge in [0.1, 0.15) is 11.0 Å². The van der Waals surface area contributed by atoms with Crippen LogP contribution in [0, 0.1) is 5.92 Å². The van der Waals surface area contributed by atoms with E-state index in [1.54, 1.807) is 0 Å². The first-order chi connectivity index (χ1) is 9.63. The van der Waals surface area contributed by atoms with E-state index in [0.29, 0.717) is 17.0 Å². The lowest BCUT2D eigenvalue weighted by molar-refractivity contribution is 0.624. The maximum absolute atomic E-state index is 6.19. The molecule has 1 aliphatic rings. The molecule has 3 heteroatoms. The first-order valence-electron chi connectivity index (χ1n) is 7.24. The first kappa shape index (κ1) is 13.6. The molecule has 20 heavy (non-hydrogen) atoms. The van der Waals surface area contributed by atoms with E-state index in [1.807, 2.05) is 6.07 Å². The van der Waals surface area contributed by atoms with Gasteiger partial charge in [0, 0.05) is 11.6 Å². The SMILES string of the molecule is CC(C)Cc1cc(Cl)nc(C2CCc3ccccc32)n1. The molecule has 0 N–H and O–H groups in total. The second-order valence-electron chi connectivity index (χ2n) is 5.93. The highest BCUT2D eigenvalue weighted by molar-refractivity contribution is 6.29. The Bertz CT molecular complexity index is 622. The van der Waals surface area contributed by atoms with Crippen molar-refractivity contribution in [3.05, 3.63) is 58.1 Å². The van der Waals surface area contributed by atoms with Gasteiger partial charge in [-0.1, -0.05) is 49.7 Å². The Morgan fingerprint density at radius 3 is 2.85 bits per heavy atom. The summed E-state index contributed by atoms with van der Waals surface area (Å²) in [7, 11) is 0. The van der Waals surface area contributed by atoms with E-state index in [9.17, 15) is 0 Å². The zero-order chi connectivity index (χ0) is 14.1. The van der Waals surface area contributed by atoms with E-state index in [1.165, 1.54) is 11.1 Å². The molecule has 0 spiro atoms. The molecular weight excluding hydrogens is 268 g/mol. The standard InChI is InChI=1S/C17H19ClN2/c1-11(2)9-13-10-16(18)20-17(19-13)15-8-7-12-5-3-4-6-14(12)15/h3-6,10-11,15H,7-9H2,1-2H3. The molecule has 1 aliphatic carbocycles. The maximum Gasteiger partial charge on any atom is 0.137 e. The summed E-state index contributed by atoms with van der Waals surface area (Å²) in [6.45, 7) is 4.39. The Labute approximate surface area is 125 Å². The van der Waals surface area contributed by atoms with E-state index >= 15 is 0 Å². The second kappa shape index (κ2) is 5.53. The third kappa shape index (κ3) is 2.71. The van der Waals surface area contributed by atoms with Crippen LogP contribution in [0.15, 0.2) is 30.3 Å². The smallest absolute Gasteiger partial charge is 0.137 e. The monoisotopic (exact) mass is 286 g/mol. The van der Waals surface area contributed by atoms with Crippen LogP contribution in [0.3, 0.4) is 0 Å². The second-order valence-corrected chi connectivity index (χ2v) is 6.32. The van der Waals surface area contributed by atoms with Gasteiger partial charge in [0.05, 0.1) is 0 Å². The van der Waals surface area contributed by atoms with Crippen LogP contribution in [0.25, 0.3) is 0 Å². The third-order valence-electron chi connectivity index (χ3n) is 3.83. The van der Waals surface area contributed by atoms with Crippen molar-refractivity contribution >= 4 is 11.6 Å². The highest BCUT2D eigenvalue weighted by Gasteiger charge is 2.26. The van der Waals surface area contributed by atoms with E-state index in [0.717, 1.165) is 30.8 Å². The minimum absolute atomic E-state index is 0.302. The molecule has 1 aromatic heterocycles. The van der Waals surface area contributed by atoms with Gasteiger partial charge in [-0.2, -0.15) is 0 Å². The third-order valence-corrected chi connectivity index (χ3v) is 4.02. The minimum Gasteiger partial charge on any atom is -0.237 e. The van der Waals surface area contributed by atoms with Gasteiger partial charge >= 0.3 is 0 Å². The molecule has 1 unspecified atom stereocenters. The van der Waals surface area contributed by atoms with Crippen LogP contribution in [0.1, 0.15) is 48.8 Å². The molecule has 2 aromatic rings. The number of benzene rings is 1. The summed E-state index contributed by atoms with van der Waals surface area (Å²) in [6.07, 6.45) is 3.14. The van der Waals surface area contributed by atoms with Crippen LogP contribution in [0.5, 0.6) is 0 Å². The molecule has 104 valence electrons. The Morgan fingerprint density at radius 1 is 1.25 bits per heavy atom. The Kier molecular flexibility index (Phi) is 3.75. The summed E-state index contributed by atoms with van der Waals surface area (Å²) in [5.41, 5.74) is 3.84. The largest absolute Gasteiger partial charge is 0.237 e. The summed E-state index contributed by atoms with van der Waals surface area (Å²) in [5.74, 6) is 1.76. The Balaban J connectivity index is 1.97. The van der Waals surface area contributed by atoms with Crippen LogP contribution in [-0.2, 0) is 12.8 Å². The summed E-state index contributed by atoms with van der Waals surface area (Å²) in [6, 6.07) is 10.5. The van der Waals surface area contributed by atoms with Crippen molar-refractivity contribution < 1.29 is 0 Å². The topological polar surface area (TPSA) is 25.8 Å². The van der Waals surface area contributed by atoms with Gasteiger partial charge in [-0.25, -0.2) is 9.97 Å². The predicted molar refractivity (Wildman–Crippen MR) is 82.2 cm³/mol. The quantitative estimate of drug-likeness (QED) is 0.781. The van der Waals surface area contributed by atoms with Crippen molar-refractivity contribution in [2.24, 2.45) is 5.92 Å². The van der Waals surface area contributed by atoms with Crippen LogP contribution in [0.2, 0.25) is 5.15 Å². The molecule has 1 aromatic carbocycles. The highest BCUT2D eigenvalue weighted by atomic mass is 35.5. The van der Waals surface area contributed by atoms with Crippen LogP contribution in [0.4, 0.5) is 0 Å². The average molecular weight is 287 g/mol. The van der Waals surface area contributed by atoms with Crippen LogP contribution >= 0.6 is 11.6 Å². The number of rotatable bonds is 3. The van der Waals surface area contributed by atoms with Crippen LogP contribution in [-0.4, -0.2) is 9.97 Å². The lowest BCUT2D eigenvalue weighted by Gasteiger charge is -2.13. The van der Waals surface area contributed by atoms with Crippen molar-refractivity contribution in [2.45, 2.75) is 39.0 Å². The molecule has 0 amide bonds. The number of halogens is 1. The Morgan fingerprint density at radius 2 is 2.05 bits per heavy atom. The molecule has 0 fully saturated rings. The highest BCUT2D eigenvalue weighted by Crippen LogP contribution is 2.36. The number of nitrogens with zero attached hydrogens (tertiary/aromatic N) is 2. The van der Waals surface area contributed by atoms with Crippen molar-refractivity contribution in [1.29, 1.82) is 0 Å². The summed E-state index contributed by atoms with van der Waals surface area (Å²) >= 11 is 6.19. The molecule has 2 nitrogen and oxygen atoms in total. The molecule has 0 radical (unpaired) electrons. The summed E-state index contributed by atoms with van der Waals surface area (Å²) in [5, 5.41) is 0.565. The number of hydrogen-bond donors (Lipinski definition) is 0. The lowest BCUT2D eigenvalue weighted by atomic mass is 10.00. The van der Waals surface area contributed by atoms with Crippen molar-refractivity contribution in [1.82, 2.24) is 9.97 Å². The van der Waals surface area contributed by atoms with Gasteiger partial charge in [0.15, 0.2) is 0 Å². The fourth-order valence-corrected chi connectivity index (χ4v) is 3.20. The minimum atomic E-state index is 0.302.